The maximum Gasteiger partial charge on any atom is 0.151 e. The summed E-state index contributed by atoms with van der Waals surface area (Å²) in [6.45, 7) is 2.07. The van der Waals surface area contributed by atoms with Gasteiger partial charge in [0.1, 0.15) is 0 Å². The Hall–Kier alpha value is -1.41. The predicted octanol–water partition coefficient (Wildman–Crippen LogP) is 3.28. The lowest BCUT2D eigenvalue weighted by atomic mass is 9.98. The molecule has 76 valence electrons. The topological polar surface area (TPSA) is 25.8 Å². The van der Waals surface area contributed by atoms with Crippen molar-refractivity contribution in [3.8, 4) is 0 Å². The van der Waals surface area contributed by atoms with Crippen LogP contribution in [0.5, 0.6) is 0 Å². The lowest BCUT2D eigenvalue weighted by Gasteiger charge is -2.11. The predicted molar refractivity (Wildman–Crippen MR) is 61.0 cm³/mol. The van der Waals surface area contributed by atoms with Crippen LogP contribution in [0.1, 0.15) is 24.1 Å². The zero-order valence-corrected chi connectivity index (χ0v) is 9.15. The van der Waals surface area contributed by atoms with E-state index in [9.17, 15) is 0 Å². The minimum absolute atomic E-state index is 0.174. The summed E-state index contributed by atoms with van der Waals surface area (Å²) in [5.41, 5.74) is 2.02. The molecule has 1 atom stereocenters. The molecule has 0 saturated heterocycles. The standard InChI is InChI=1S/C12H11ClN2/c1-9(10-5-3-2-4-6-10)11-12(13)15-8-7-14-11/h2-9H,1H3. The average molecular weight is 219 g/mol. The smallest absolute Gasteiger partial charge is 0.151 e. The fourth-order valence-electron chi connectivity index (χ4n) is 1.52. The molecule has 0 radical (unpaired) electrons. The van der Waals surface area contributed by atoms with Gasteiger partial charge in [0, 0.05) is 18.3 Å². The Balaban J connectivity index is 2.37. The molecule has 0 aliphatic carbocycles. The molecule has 1 aromatic carbocycles. The second-order valence-corrected chi connectivity index (χ2v) is 3.72. The Morgan fingerprint density at radius 1 is 1.07 bits per heavy atom. The molecule has 0 bridgehead atoms. The Labute approximate surface area is 94.0 Å². The summed E-state index contributed by atoms with van der Waals surface area (Å²) < 4.78 is 0. The van der Waals surface area contributed by atoms with Gasteiger partial charge in [-0.25, -0.2) is 4.98 Å². The van der Waals surface area contributed by atoms with Crippen LogP contribution in [0.15, 0.2) is 42.7 Å². The lowest BCUT2D eigenvalue weighted by molar-refractivity contribution is 0.858. The van der Waals surface area contributed by atoms with Crippen molar-refractivity contribution in [2.45, 2.75) is 12.8 Å². The van der Waals surface area contributed by atoms with Crippen LogP contribution in [0.25, 0.3) is 0 Å². The van der Waals surface area contributed by atoms with Crippen LogP contribution in [-0.4, -0.2) is 9.97 Å². The van der Waals surface area contributed by atoms with Crippen LogP contribution < -0.4 is 0 Å². The van der Waals surface area contributed by atoms with Gasteiger partial charge in [0.05, 0.1) is 5.69 Å². The van der Waals surface area contributed by atoms with Crippen molar-refractivity contribution < 1.29 is 0 Å². The molecule has 0 aliphatic heterocycles. The van der Waals surface area contributed by atoms with Crippen LogP contribution in [0.3, 0.4) is 0 Å². The quantitative estimate of drug-likeness (QED) is 0.773. The molecular weight excluding hydrogens is 208 g/mol. The first kappa shape index (κ1) is 10.1. The van der Waals surface area contributed by atoms with Crippen molar-refractivity contribution in [2.75, 3.05) is 0 Å². The van der Waals surface area contributed by atoms with E-state index in [4.69, 9.17) is 11.6 Å². The molecule has 0 aliphatic rings. The molecule has 1 aromatic heterocycles. The maximum atomic E-state index is 6.00. The van der Waals surface area contributed by atoms with Gasteiger partial charge in [-0.05, 0) is 5.56 Å². The number of hydrogen-bond donors (Lipinski definition) is 0. The highest BCUT2D eigenvalue weighted by Crippen LogP contribution is 2.25. The van der Waals surface area contributed by atoms with E-state index in [1.165, 1.54) is 5.56 Å². The number of nitrogens with zero attached hydrogens (tertiary/aromatic N) is 2. The average Bonchev–Trinajstić information content (AvgIpc) is 2.30. The first-order valence-electron chi connectivity index (χ1n) is 4.80. The van der Waals surface area contributed by atoms with E-state index in [1.54, 1.807) is 12.4 Å². The van der Waals surface area contributed by atoms with E-state index in [0.29, 0.717) is 5.15 Å². The van der Waals surface area contributed by atoms with Gasteiger partial charge in [-0.3, -0.25) is 4.98 Å². The number of halogens is 1. The van der Waals surface area contributed by atoms with Crippen molar-refractivity contribution in [3.05, 3.63) is 59.1 Å². The zero-order chi connectivity index (χ0) is 10.7. The molecular formula is C12H11ClN2. The molecule has 2 rings (SSSR count). The number of rotatable bonds is 2. The zero-order valence-electron chi connectivity index (χ0n) is 8.39. The molecule has 1 unspecified atom stereocenters. The molecule has 0 N–H and O–H groups in total. The van der Waals surface area contributed by atoms with E-state index in [1.807, 2.05) is 18.2 Å². The second kappa shape index (κ2) is 4.41. The molecule has 2 nitrogen and oxygen atoms in total. The van der Waals surface area contributed by atoms with E-state index in [-0.39, 0.29) is 5.92 Å². The molecule has 0 spiro atoms. The molecule has 0 amide bonds. The van der Waals surface area contributed by atoms with E-state index >= 15 is 0 Å². The van der Waals surface area contributed by atoms with Gasteiger partial charge in [-0.15, -0.1) is 0 Å². The first-order chi connectivity index (χ1) is 7.29. The largest absolute Gasteiger partial charge is 0.256 e. The molecule has 0 saturated carbocycles. The summed E-state index contributed by atoms with van der Waals surface area (Å²) >= 11 is 6.00. The SMILES string of the molecule is CC(c1ccccc1)c1nccnc1Cl. The van der Waals surface area contributed by atoms with Crippen LogP contribution in [0.2, 0.25) is 5.15 Å². The Morgan fingerprint density at radius 2 is 1.73 bits per heavy atom. The van der Waals surface area contributed by atoms with Gasteiger partial charge in [-0.2, -0.15) is 0 Å². The maximum absolute atomic E-state index is 6.00. The van der Waals surface area contributed by atoms with Gasteiger partial charge < -0.3 is 0 Å². The van der Waals surface area contributed by atoms with Crippen molar-refractivity contribution in [1.29, 1.82) is 0 Å². The first-order valence-corrected chi connectivity index (χ1v) is 5.18. The van der Waals surface area contributed by atoms with Gasteiger partial charge in [0.2, 0.25) is 0 Å². The molecule has 0 fully saturated rings. The molecule has 3 heteroatoms. The van der Waals surface area contributed by atoms with Crippen molar-refractivity contribution >= 4 is 11.6 Å². The normalized spacial score (nSPS) is 12.4. The Kier molecular flexibility index (Phi) is 2.97. The van der Waals surface area contributed by atoms with Crippen LogP contribution in [-0.2, 0) is 0 Å². The summed E-state index contributed by atoms with van der Waals surface area (Å²) in [7, 11) is 0. The third-order valence-electron chi connectivity index (χ3n) is 2.39. The van der Waals surface area contributed by atoms with Gasteiger partial charge in [-0.1, -0.05) is 48.9 Å². The Bertz CT molecular complexity index is 442. The molecule has 15 heavy (non-hydrogen) atoms. The minimum Gasteiger partial charge on any atom is -0.256 e. The minimum atomic E-state index is 0.174. The summed E-state index contributed by atoms with van der Waals surface area (Å²) in [5.74, 6) is 0.174. The third kappa shape index (κ3) is 2.16. The Morgan fingerprint density at radius 3 is 2.40 bits per heavy atom. The fourth-order valence-corrected chi connectivity index (χ4v) is 1.79. The van der Waals surface area contributed by atoms with Crippen molar-refractivity contribution in [3.63, 3.8) is 0 Å². The number of benzene rings is 1. The third-order valence-corrected chi connectivity index (χ3v) is 2.68. The van der Waals surface area contributed by atoms with Gasteiger partial charge in [0.25, 0.3) is 0 Å². The van der Waals surface area contributed by atoms with Crippen molar-refractivity contribution in [1.82, 2.24) is 9.97 Å². The highest BCUT2D eigenvalue weighted by Gasteiger charge is 2.13. The van der Waals surface area contributed by atoms with Crippen LogP contribution in [0, 0.1) is 0 Å². The highest BCUT2D eigenvalue weighted by molar-refractivity contribution is 6.30. The van der Waals surface area contributed by atoms with Gasteiger partial charge in [0.15, 0.2) is 5.15 Å². The van der Waals surface area contributed by atoms with E-state index < -0.39 is 0 Å². The fraction of sp³-hybridized carbons (Fsp3) is 0.167. The summed E-state index contributed by atoms with van der Waals surface area (Å²) in [6.07, 6.45) is 3.27. The van der Waals surface area contributed by atoms with E-state index in [2.05, 4.69) is 29.0 Å². The van der Waals surface area contributed by atoms with Crippen LogP contribution >= 0.6 is 11.6 Å². The lowest BCUT2D eigenvalue weighted by Crippen LogP contribution is -2.00. The molecule has 2 aromatic rings. The summed E-state index contributed by atoms with van der Waals surface area (Å²) in [4.78, 5) is 8.29. The van der Waals surface area contributed by atoms with E-state index in [0.717, 1.165) is 5.69 Å². The summed E-state index contributed by atoms with van der Waals surface area (Å²) in [6, 6.07) is 10.1. The highest BCUT2D eigenvalue weighted by atomic mass is 35.5. The monoisotopic (exact) mass is 218 g/mol. The molecule has 1 heterocycles. The number of aromatic nitrogens is 2. The summed E-state index contributed by atoms with van der Waals surface area (Å²) in [5, 5.41) is 0.480. The van der Waals surface area contributed by atoms with Crippen LogP contribution in [0.4, 0.5) is 0 Å². The second-order valence-electron chi connectivity index (χ2n) is 3.36. The van der Waals surface area contributed by atoms with Crippen molar-refractivity contribution in [2.24, 2.45) is 0 Å². The number of hydrogen-bond acceptors (Lipinski definition) is 2. The van der Waals surface area contributed by atoms with Gasteiger partial charge >= 0.3 is 0 Å².